The van der Waals surface area contributed by atoms with Crippen molar-refractivity contribution in [2.45, 2.75) is 85.2 Å². The average Bonchev–Trinajstić information content (AvgIpc) is 3.00. The van der Waals surface area contributed by atoms with E-state index in [1.54, 1.807) is 0 Å². The summed E-state index contributed by atoms with van der Waals surface area (Å²) in [6.07, 6.45) is 10.2. The highest BCUT2D eigenvalue weighted by Gasteiger charge is 2.53. The van der Waals surface area contributed by atoms with E-state index in [1.807, 2.05) is 30.3 Å². The van der Waals surface area contributed by atoms with Crippen molar-refractivity contribution in [1.29, 1.82) is 0 Å². The maximum atomic E-state index is 12.6. The summed E-state index contributed by atoms with van der Waals surface area (Å²) in [6.45, 7) is 9.61. The van der Waals surface area contributed by atoms with E-state index in [2.05, 4.69) is 27.7 Å². The van der Waals surface area contributed by atoms with E-state index in [9.17, 15) is 4.79 Å². The molecule has 1 aromatic carbocycles. The van der Waals surface area contributed by atoms with Crippen LogP contribution in [0, 0.1) is 29.1 Å². The van der Waals surface area contributed by atoms with E-state index in [4.69, 9.17) is 4.74 Å². The summed E-state index contributed by atoms with van der Waals surface area (Å²) >= 11 is 0. The van der Waals surface area contributed by atoms with Crippen LogP contribution >= 0.6 is 0 Å². The van der Waals surface area contributed by atoms with Gasteiger partial charge in [0.05, 0.1) is 5.56 Å². The van der Waals surface area contributed by atoms with Gasteiger partial charge < -0.3 is 4.74 Å². The second kappa shape index (κ2) is 8.80. The summed E-state index contributed by atoms with van der Waals surface area (Å²) in [5.74, 6) is 2.77. The molecule has 5 atom stereocenters. The molecular formula is C25H38O2. The van der Waals surface area contributed by atoms with Gasteiger partial charge in [0.2, 0.25) is 0 Å². The van der Waals surface area contributed by atoms with Crippen molar-refractivity contribution >= 4 is 5.97 Å². The van der Waals surface area contributed by atoms with Crippen LogP contribution in [0.3, 0.4) is 0 Å². The molecule has 0 unspecified atom stereocenters. The van der Waals surface area contributed by atoms with E-state index in [0.717, 1.165) is 24.2 Å². The largest absolute Gasteiger partial charge is 0.458 e. The quantitative estimate of drug-likeness (QED) is 0.488. The number of carbonyl (C=O) groups is 1. The molecule has 2 aliphatic carbocycles. The number of hydrogen-bond acceptors (Lipinski definition) is 2. The summed E-state index contributed by atoms with van der Waals surface area (Å²) in [4.78, 5) is 12.6. The Morgan fingerprint density at radius 2 is 1.85 bits per heavy atom. The van der Waals surface area contributed by atoms with Gasteiger partial charge in [-0.1, -0.05) is 65.2 Å². The SMILES string of the molecule is CC(C)CCC[C@@H](C)[C@H]1CC[C@H]2[C@@H](OC(=O)c3ccccc3)CCC[C@]12C. The van der Waals surface area contributed by atoms with Gasteiger partial charge >= 0.3 is 5.97 Å². The molecule has 1 aromatic rings. The maximum absolute atomic E-state index is 12.6. The molecule has 2 aliphatic rings. The van der Waals surface area contributed by atoms with Gasteiger partial charge in [-0.05, 0) is 67.4 Å². The third kappa shape index (κ3) is 4.58. The smallest absolute Gasteiger partial charge is 0.338 e. The van der Waals surface area contributed by atoms with Crippen LogP contribution in [0.2, 0.25) is 0 Å². The molecule has 0 bridgehead atoms. The molecule has 0 radical (unpaired) electrons. The topological polar surface area (TPSA) is 26.3 Å². The Morgan fingerprint density at radius 1 is 1.11 bits per heavy atom. The van der Waals surface area contributed by atoms with Crippen LogP contribution in [0.25, 0.3) is 0 Å². The summed E-state index contributed by atoms with van der Waals surface area (Å²) in [5.41, 5.74) is 1.03. The summed E-state index contributed by atoms with van der Waals surface area (Å²) < 4.78 is 6.06. The minimum Gasteiger partial charge on any atom is -0.458 e. The Balaban J connectivity index is 1.64. The first-order valence-electron chi connectivity index (χ1n) is 11.2. The number of hydrogen-bond donors (Lipinski definition) is 0. The number of benzene rings is 1. The molecule has 2 nitrogen and oxygen atoms in total. The second-order valence-corrected chi connectivity index (χ2v) is 9.80. The van der Waals surface area contributed by atoms with Gasteiger partial charge in [-0.15, -0.1) is 0 Å². The van der Waals surface area contributed by atoms with Crippen molar-refractivity contribution in [2.75, 3.05) is 0 Å². The van der Waals surface area contributed by atoms with Crippen molar-refractivity contribution in [3.05, 3.63) is 35.9 Å². The fourth-order valence-electron chi connectivity index (χ4n) is 6.06. The van der Waals surface area contributed by atoms with Crippen LogP contribution < -0.4 is 0 Å². The molecule has 0 heterocycles. The molecule has 0 saturated heterocycles. The predicted octanol–water partition coefficient (Wildman–Crippen LogP) is 6.89. The van der Waals surface area contributed by atoms with Crippen LogP contribution in [0.5, 0.6) is 0 Å². The third-order valence-corrected chi connectivity index (χ3v) is 7.53. The van der Waals surface area contributed by atoms with Crippen molar-refractivity contribution in [2.24, 2.45) is 29.1 Å². The van der Waals surface area contributed by atoms with E-state index >= 15 is 0 Å². The lowest BCUT2D eigenvalue weighted by Crippen LogP contribution is -2.43. The average molecular weight is 371 g/mol. The Labute approximate surface area is 166 Å². The summed E-state index contributed by atoms with van der Waals surface area (Å²) in [7, 11) is 0. The lowest BCUT2D eigenvalue weighted by molar-refractivity contribution is -0.0473. The van der Waals surface area contributed by atoms with Crippen molar-refractivity contribution in [3.8, 4) is 0 Å². The monoisotopic (exact) mass is 370 g/mol. The van der Waals surface area contributed by atoms with Gasteiger partial charge in [0.15, 0.2) is 0 Å². The first-order valence-corrected chi connectivity index (χ1v) is 11.2. The molecule has 3 rings (SSSR count). The third-order valence-electron chi connectivity index (χ3n) is 7.53. The Hall–Kier alpha value is -1.31. The lowest BCUT2D eigenvalue weighted by atomic mass is 9.61. The lowest BCUT2D eigenvalue weighted by Gasteiger charge is -2.46. The fraction of sp³-hybridized carbons (Fsp3) is 0.720. The van der Waals surface area contributed by atoms with Gasteiger partial charge in [0.1, 0.15) is 6.10 Å². The highest BCUT2D eigenvalue weighted by Crippen LogP contribution is 2.58. The highest BCUT2D eigenvalue weighted by molar-refractivity contribution is 5.89. The van der Waals surface area contributed by atoms with Gasteiger partial charge in [0, 0.05) is 5.92 Å². The molecule has 0 amide bonds. The first kappa shape index (κ1) is 20.4. The molecule has 2 fully saturated rings. The fourth-order valence-corrected chi connectivity index (χ4v) is 6.06. The number of rotatable bonds is 7. The Morgan fingerprint density at radius 3 is 2.56 bits per heavy atom. The van der Waals surface area contributed by atoms with Gasteiger partial charge in [-0.2, -0.15) is 0 Å². The Bertz CT molecular complexity index is 608. The molecule has 2 heteroatoms. The zero-order valence-electron chi connectivity index (χ0n) is 17.7. The summed E-state index contributed by atoms with van der Waals surface area (Å²) in [6, 6.07) is 9.48. The number of carbonyl (C=O) groups excluding carboxylic acids is 1. The number of fused-ring (bicyclic) bond motifs is 1. The van der Waals surface area contributed by atoms with Gasteiger partial charge in [0.25, 0.3) is 0 Å². The van der Waals surface area contributed by atoms with E-state index in [-0.39, 0.29) is 12.1 Å². The molecule has 0 spiro atoms. The minimum atomic E-state index is -0.140. The number of esters is 1. The first-order chi connectivity index (χ1) is 12.9. The standard InChI is InChI=1S/C25H38O2/c1-18(2)10-8-11-19(3)21-15-16-22-23(14-9-17-25(21,22)4)27-24(26)20-12-6-5-7-13-20/h5-7,12-13,18-19,21-23H,8-11,14-17H2,1-4H3/t19-,21-,22+,23+,25-/m1/s1. The predicted molar refractivity (Wildman–Crippen MR) is 112 cm³/mol. The van der Waals surface area contributed by atoms with Crippen LogP contribution in [0.4, 0.5) is 0 Å². The zero-order valence-corrected chi connectivity index (χ0v) is 17.7. The summed E-state index contributed by atoms with van der Waals surface area (Å²) in [5, 5.41) is 0. The van der Waals surface area contributed by atoms with Gasteiger partial charge in [-0.3, -0.25) is 0 Å². The normalized spacial score (nSPS) is 31.5. The highest BCUT2D eigenvalue weighted by atomic mass is 16.5. The van der Waals surface area contributed by atoms with Crippen LogP contribution in [0.1, 0.15) is 89.4 Å². The molecule has 0 aliphatic heterocycles. The van der Waals surface area contributed by atoms with E-state index in [1.165, 1.54) is 44.9 Å². The molecule has 0 N–H and O–H groups in total. The Kier molecular flexibility index (Phi) is 6.65. The van der Waals surface area contributed by atoms with Crippen LogP contribution in [0.15, 0.2) is 30.3 Å². The number of ether oxygens (including phenoxy) is 1. The van der Waals surface area contributed by atoms with Crippen molar-refractivity contribution in [1.82, 2.24) is 0 Å². The zero-order chi connectivity index (χ0) is 19.4. The molecule has 2 saturated carbocycles. The molecule has 0 aromatic heterocycles. The van der Waals surface area contributed by atoms with E-state index < -0.39 is 0 Å². The van der Waals surface area contributed by atoms with E-state index in [0.29, 0.717) is 16.9 Å². The van der Waals surface area contributed by atoms with Gasteiger partial charge in [-0.25, -0.2) is 4.79 Å². The second-order valence-electron chi connectivity index (χ2n) is 9.80. The van der Waals surface area contributed by atoms with Crippen molar-refractivity contribution < 1.29 is 9.53 Å². The molecule has 150 valence electrons. The molecule has 27 heavy (non-hydrogen) atoms. The minimum absolute atomic E-state index is 0.101. The molecular weight excluding hydrogens is 332 g/mol. The van der Waals surface area contributed by atoms with Crippen molar-refractivity contribution in [3.63, 3.8) is 0 Å². The van der Waals surface area contributed by atoms with Crippen LogP contribution in [-0.2, 0) is 4.74 Å². The maximum Gasteiger partial charge on any atom is 0.338 e. The van der Waals surface area contributed by atoms with Crippen LogP contribution in [-0.4, -0.2) is 12.1 Å².